The Labute approximate surface area is 366 Å². The Morgan fingerprint density at radius 3 is 0.776 bits per heavy atom. The molecule has 0 aliphatic carbocycles. The lowest BCUT2D eigenvalue weighted by molar-refractivity contribution is -0.137. The molecular weight excluding hydrogens is 707 g/mol. The van der Waals surface area contributed by atoms with Gasteiger partial charge in [-0.15, -0.1) is 0 Å². The monoisotopic (exact) mass is 814 g/mol. The maximum absolute atomic E-state index is 10.3. The second-order valence-corrected chi connectivity index (χ2v) is 17.9. The molecule has 0 aliphatic heterocycles. The van der Waals surface area contributed by atoms with E-state index in [1.807, 2.05) is 0 Å². The number of carboxylic acid groups (broad SMARTS) is 1. The molecule has 0 rings (SSSR count). The van der Waals surface area contributed by atoms with Crippen LogP contribution in [0, 0.1) is 0 Å². The van der Waals surface area contributed by atoms with E-state index < -0.39 is 5.97 Å². The van der Waals surface area contributed by atoms with Crippen LogP contribution in [0.25, 0.3) is 0 Å². The normalized spacial score (nSPS) is 11.8. The molecule has 3 heteroatoms. The Balaban J connectivity index is 0. The highest BCUT2D eigenvalue weighted by Crippen LogP contribution is 2.13. The fraction of sp³-hybridized carbons (Fsp3) is 0.873. The Bertz CT molecular complexity index is 790. The standard InChI is InChI=1S/C37H73N.C18H34O2/c1-4-6-8-10-12-14-16-18-20-22-24-26-28-30-32-34-36-38(3)37-35-33-31-29-27-25-23-21-19-17-15-13-11-9-7-5-2;1-2-3-4-5-6-7-8-9-10-11-12-13-14-15-16-17-18(19)20/h18-21H,4-17,22-37H2,1-3H3;9-10H,2-8,11-17H2,1H3,(H,19,20)/b20-18-,21-19-;10-9-. The van der Waals surface area contributed by atoms with Gasteiger partial charge < -0.3 is 10.0 Å². The average molecular weight is 814 g/mol. The van der Waals surface area contributed by atoms with Crippen molar-refractivity contribution in [1.82, 2.24) is 4.90 Å². The predicted molar refractivity (Wildman–Crippen MR) is 263 cm³/mol. The Morgan fingerprint density at radius 2 is 0.534 bits per heavy atom. The number of allylic oxidation sites excluding steroid dienone is 6. The molecule has 3 nitrogen and oxygen atoms in total. The van der Waals surface area contributed by atoms with Gasteiger partial charge in [-0.2, -0.15) is 0 Å². The maximum atomic E-state index is 10.3. The van der Waals surface area contributed by atoms with E-state index in [1.54, 1.807) is 0 Å². The number of carbonyl (C=O) groups is 1. The van der Waals surface area contributed by atoms with Gasteiger partial charge in [-0.25, -0.2) is 0 Å². The number of hydrogen-bond donors (Lipinski definition) is 1. The van der Waals surface area contributed by atoms with Crippen molar-refractivity contribution in [3.63, 3.8) is 0 Å². The minimum atomic E-state index is -0.664. The van der Waals surface area contributed by atoms with Crippen molar-refractivity contribution in [2.24, 2.45) is 0 Å². The molecule has 0 atom stereocenters. The van der Waals surface area contributed by atoms with Gasteiger partial charge in [0.05, 0.1) is 0 Å². The lowest BCUT2D eigenvalue weighted by Crippen LogP contribution is -2.20. The van der Waals surface area contributed by atoms with E-state index in [-0.39, 0.29) is 0 Å². The van der Waals surface area contributed by atoms with Crippen molar-refractivity contribution in [1.29, 1.82) is 0 Å². The van der Waals surface area contributed by atoms with Crippen molar-refractivity contribution in [2.45, 2.75) is 290 Å². The largest absolute Gasteiger partial charge is 0.481 e. The van der Waals surface area contributed by atoms with Crippen LogP contribution in [0.15, 0.2) is 36.5 Å². The highest BCUT2D eigenvalue weighted by Gasteiger charge is 2.00. The molecule has 0 fully saturated rings. The molecule has 1 N–H and O–H groups in total. The average Bonchev–Trinajstić information content (AvgIpc) is 3.22. The van der Waals surface area contributed by atoms with Gasteiger partial charge in [0.25, 0.3) is 0 Å². The molecule has 0 spiro atoms. The van der Waals surface area contributed by atoms with Crippen molar-refractivity contribution in [3.8, 4) is 0 Å². The smallest absolute Gasteiger partial charge is 0.303 e. The Hall–Kier alpha value is -1.35. The Kier molecular flexibility index (Phi) is 56.4. The highest BCUT2D eigenvalue weighted by molar-refractivity contribution is 5.66. The summed E-state index contributed by atoms with van der Waals surface area (Å²) in [4.78, 5) is 12.9. The van der Waals surface area contributed by atoms with E-state index in [0.29, 0.717) is 6.42 Å². The first-order valence-electron chi connectivity index (χ1n) is 26.4. The minimum absolute atomic E-state index is 0.332. The molecule has 344 valence electrons. The summed E-state index contributed by atoms with van der Waals surface area (Å²) < 4.78 is 0. The molecule has 0 saturated carbocycles. The molecular formula is C55H107NO2. The fourth-order valence-corrected chi connectivity index (χ4v) is 7.72. The minimum Gasteiger partial charge on any atom is -0.481 e. The van der Waals surface area contributed by atoms with Crippen LogP contribution in [0.4, 0.5) is 0 Å². The summed E-state index contributed by atoms with van der Waals surface area (Å²) in [5.41, 5.74) is 0. The van der Waals surface area contributed by atoms with Crippen LogP contribution in [-0.2, 0) is 4.79 Å². The zero-order valence-electron chi connectivity index (χ0n) is 40.4. The molecule has 58 heavy (non-hydrogen) atoms. The predicted octanol–water partition coefficient (Wildman–Crippen LogP) is 19.1. The van der Waals surface area contributed by atoms with Gasteiger partial charge in [0.2, 0.25) is 0 Å². The van der Waals surface area contributed by atoms with E-state index in [0.717, 1.165) is 12.8 Å². The molecule has 0 radical (unpaired) electrons. The first-order valence-corrected chi connectivity index (χ1v) is 26.4. The molecule has 0 heterocycles. The third-order valence-electron chi connectivity index (χ3n) is 11.8. The van der Waals surface area contributed by atoms with Gasteiger partial charge in [-0.1, -0.05) is 224 Å². The van der Waals surface area contributed by atoms with Crippen LogP contribution in [0.2, 0.25) is 0 Å². The number of carboxylic acids is 1. The highest BCUT2D eigenvalue weighted by atomic mass is 16.4. The molecule has 0 amide bonds. The summed E-state index contributed by atoms with van der Waals surface area (Å²) in [5.74, 6) is -0.664. The zero-order valence-corrected chi connectivity index (χ0v) is 40.4. The third-order valence-corrected chi connectivity index (χ3v) is 11.8. The number of aliphatic carboxylic acids is 1. The van der Waals surface area contributed by atoms with E-state index in [2.05, 4.69) is 69.2 Å². The maximum Gasteiger partial charge on any atom is 0.303 e. The lowest BCUT2D eigenvalue weighted by atomic mass is 10.1. The van der Waals surface area contributed by atoms with Gasteiger partial charge in [0.15, 0.2) is 0 Å². The number of nitrogens with zero attached hydrogens (tertiary/aromatic N) is 1. The number of hydrogen-bond acceptors (Lipinski definition) is 2. The second kappa shape index (κ2) is 55.7. The van der Waals surface area contributed by atoms with Crippen LogP contribution < -0.4 is 0 Å². The molecule has 0 saturated heterocycles. The van der Waals surface area contributed by atoms with Crippen LogP contribution in [-0.4, -0.2) is 36.1 Å². The van der Waals surface area contributed by atoms with Crippen molar-refractivity contribution in [2.75, 3.05) is 20.1 Å². The van der Waals surface area contributed by atoms with Crippen LogP contribution in [0.3, 0.4) is 0 Å². The first kappa shape index (κ1) is 58.7. The molecule has 0 aromatic rings. The van der Waals surface area contributed by atoms with Gasteiger partial charge in [0.1, 0.15) is 0 Å². The van der Waals surface area contributed by atoms with Crippen molar-refractivity contribution < 1.29 is 9.90 Å². The van der Waals surface area contributed by atoms with Crippen molar-refractivity contribution in [3.05, 3.63) is 36.5 Å². The number of rotatable bonds is 47. The summed E-state index contributed by atoms with van der Waals surface area (Å²) in [5, 5.41) is 8.51. The molecule has 0 aromatic heterocycles. The van der Waals surface area contributed by atoms with E-state index in [9.17, 15) is 4.79 Å². The fourth-order valence-electron chi connectivity index (χ4n) is 7.72. The summed E-state index contributed by atoms with van der Waals surface area (Å²) in [7, 11) is 2.33. The van der Waals surface area contributed by atoms with Crippen molar-refractivity contribution >= 4 is 5.97 Å². The van der Waals surface area contributed by atoms with Gasteiger partial charge in [0, 0.05) is 6.42 Å². The van der Waals surface area contributed by atoms with Gasteiger partial charge in [-0.05, 0) is 116 Å². The molecule has 0 aliphatic rings. The van der Waals surface area contributed by atoms with E-state index >= 15 is 0 Å². The van der Waals surface area contributed by atoms with E-state index in [4.69, 9.17) is 5.11 Å². The molecule has 0 aromatic carbocycles. The Morgan fingerprint density at radius 1 is 0.328 bits per heavy atom. The SMILES string of the molecule is CCCCCCCC/C=C\CCCCCCCC(=O)O.CCCCCCCC/C=C\CCCCCCCCN(C)CCCCCCCC/C=C\CCCCCCCC. The van der Waals surface area contributed by atoms with Gasteiger partial charge >= 0.3 is 5.97 Å². The zero-order chi connectivity index (χ0) is 42.5. The number of unbranched alkanes of at least 4 members (excludes halogenated alkanes) is 35. The lowest BCUT2D eigenvalue weighted by Gasteiger charge is -2.16. The summed E-state index contributed by atoms with van der Waals surface area (Å²) in [6.07, 6.45) is 70.2. The van der Waals surface area contributed by atoms with E-state index in [1.165, 1.54) is 264 Å². The van der Waals surface area contributed by atoms with Crippen LogP contribution >= 0.6 is 0 Å². The van der Waals surface area contributed by atoms with Gasteiger partial charge in [-0.3, -0.25) is 4.79 Å². The summed E-state index contributed by atoms with van der Waals surface area (Å²) in [6.45, 7) is 9.44. The molecule has 0 bridgehead atoms. The van der Waals surface area contributed by atoms with Crippen LogP contribution in [0.1, 0.15) is 290 Å². The molecule has 0 unspecified atom stereocenters. The van der Waals surface area contributed by atoms with Crippen LogP contribution in [0.5, 0.6) is 0 Å². The summed E-state index contributed by atoms with van der Waals surface area (Å²) in [6, 6.07) is 0. The third kappa shape index (κ3) is 59.0. The topological polar surface area (TPSA) is 40.5 Å². The quantitative estimate of drug-likeness (QED) is 0.0491. The first-order chi connectivity index (χ1) is 28.6. The second-order valence-electron chi connectivity index (χ2n) is 17.9. The summed E-state index contributed by atoms with van der Waals surface area (Å²) >= 11 is 0.